The molecule has 0 aliphatic heterocycles. The van der Waals surface area contributed by atoms with E-state index in [1.165, 1.54) is 6.07 Å². The molecule has 1 amide bonds. The van der Waals surface area contributed by atoms with Gasteiger partial charge in [0.15, 0.2) is 11.6 Å². The van der Waals surface area contributed by atoms with E-state index in [4.69, 9.17) is 5.73 Å². The Morgan fingerprint density at radius 3 is 2.45 bits per heavy atom. The first-order valence-corrected chi connectivity index (χ1v) is 6.10. The molecule has 20 heavy (non-hydrogen) atoms. The molecular weight excluding hydrogens is 262 g/mol. The molecule has 3 nitrogen and oxygen atoms in total. The number of hydrogen-bond acceptors (Lipinski definition) is 2. The van der Waals surface area contributed by atoms with Gasteiger partial charge in [0.2, 0.25) is 5.91 Å². The third-order valence-electron chi connectivity index (χ3n) is 2.89. The summed E-state index contributed by atoms with van der Waals surface area (Å²) in [5.74, 6) is -2.23. The number of nitrogens with two attached hydrogens (primary N) is 1. The zero-order valence-electron chi connectivity index (χ0n) is 10.6. The van der Waals surface area contributed by atoms with Crippen molar-refractivity contribution in [2.24, 2.45) is 5.73 Å². The standard InChI is InChI=1S/C15H14F2N2O/c16-12-7-6-10(8-13(12)17)9-19-15(20)14(18)11-4-2-1-3-5-11/h1-8,14H,9,18H2,(H,19,20)/t14-/m1/s1. The lowest BCUT2D eigenvalue weighted by Gasteiger charge is -2.12. The number of hydrogen-bond donors (Lipinski definition) is 2. The summed E-state index contributed by atoms with van der Waals surface area (Å²) in [5, 5.41) is 2.59. The smallest absolute Gasteiger partial charge is 0.241 e. The van der Waals surface area contributed by atoms with E-state index >= 15 is 0 Å². The van der Waals surface area contributed by atoms with Crippen molar-refractivity contribution in [1.29, 1.82) is 0 Å². The zero-order chi connectivity index (χ0) is 14.5. The number of benzene rings is 2. The lowest BCUT2D eigenvalue weighted by atomic mass is 10.1. The van der Waals surface area contributed by atoms with Crippen LogP contribution in [0, 0.1) is 11.6 Å². The fraction of sp³-hybridized carbons (Fsp3) is 0.133. The third-order valence-corrected chi connectivity index (χ3v) is 2.89. The van der Waals surface area contributed by atoms with Crippen LogP contribution in [0.25, 0.3) is 0 Å². The molecule has 0 fully saturated rings. The van der Waals surface area contributed by atoms with Gasteiger partial charge in [-0.1, -0.05) is 36.4 Å². The summed E-state index contributed by atoms with van der Waals surface area (Å²) >= 11 is 0. The number of carbonyl (C=O) groups excluding carboxylic acids is 1. The van der Waals surface area contributed by atoms with E-state index in [0.29, 0.717) is 11.1 Å². The van der Waals surface area contributed by atoms with Crippen molar-refractivity contribution in [1.82, 2.24) is 5.32 Å². The van der Waals surface area contributed by atoms with Gasteiger partial charge < -0.3 is 11.1 Å². The Morgan fingerprint density at radius 2 is 1.80 bits per heavy atom. The number of nitrogens with one attached hydrogen (secondary N) is 1. The van der Waals surface area contributed by atoms with Crippen LogP contribution in [0.3, 0.4) is 0 Å². The molecule has 0 bridgehead atoms. The highest BCUT2D eigenvalue weighted by molar-refractivity contribution is 5.82. The Morgan fingerprint density at radius 1 is 1.10 bits per heavy atom. The van der Waals surface area contributed by atoms with Crippen molar-refractivity contribution in [2.75, 3.05) is 0 Å². The minimum atomic E-state index is -0.941. The molecule has 2 aromatic rings. The molecule has 104 valence electrons. The lowest BCUT2D eigenvalue weighted by Crippen LogP contribution is -2.33. The predicted octanol–water partition coefficient (Wildman–Crippen LogP) is 2.28. The maximum Gasteiger partial charge on any atom is 0.241 e. The van der Waals surface area contributed by atoms with E-state index in [9.17, 15) is 13.6 Å². The van der Waals surface area contributed by atoms with Crippen LogP contribution in [0.4, 0.5) is 8.78 Å². The summed E-state index contributed by atoms with van der Waals surface area (Å²) in [7, 11) is 0. The molecule has 2 rings (SSSR count). The quantitative estimate of drug-likeness (QED) is 0.900. The van der Waals surface area contributed by atoms with Gasteiger partial charge >= 0.3 is 0 Å². The number of carbonyl (C=O) groups is 1. The fourth-order valence-corrected chi connectivity index (χ4v) is 1.76. The number of halogens is 2. The normalized spacial score (nSPS) is 11.9. The SMILES string of the molecule is N[C@@H](C(=O)NCc1ccc(F)c(F)c1)c1ccccc1. The highest BCUT2D eigenvalue weighted by Crippen LogP contribution is 2.11. The summed E-state index contributed by atoms with van der Waals surface area (Å²) in [6.07, 6.45) is 0. The van der Waals surface area contributed by atoms with Gasteiger partial charge in [-0.3, -0.25) is 4.79 Å². The monoisotopic (exact) mass is 276 g/mol. The van der Waals surface area contributed by atoms with E-state index < -0.39 is 17.7 Å². The van der Waals surface area contributed by atoms with Crippen molar-refractivity contribution in [3.05, 3.63) is 71.3 Å². The van der Waals surface area contributed by atoms with Crippen LogP contribution in [0.5, 0.6) is 0 Å². The molecule has 5 heteroatoms. The van der Waals surface area contributed by atoms with E-state index in [-0.39, 0.29) is 12.5 Å². The Balaban J connectivity index is 1.96. The van der Waals surface area contributed by atoms with Gasteiger partial charge in [0.05, 0.1) is 0 Å². The summed E-state index contributed by atoms with van der Waals surface area (Å²) in [5.41, 5.74) is 6.97. The molecule has 1 atom stereocenters. The topological polar surface area (TPSA) is 55.1 Å². The van der Waals surface area contributed by atoms with Gasteiger partial charge in [-0.15, -0.1) is 0 Å². The van der Waals surface area contributed by atoms with Gasteiger partial charge in [-0.25, -0.2) is 8.78 Å². The molecule has 0 saturated carbocycles. The minimum absolute atomic E-state index is 0.0938. The van der Waals surface area contributed by atoms with Crippen LogP contribution >= 0.6 is 0 Å². The van der Waals surface area contributed by atoms with E-state index in [2.05, 4.69) is 5.32 Å². The van der Waals surface area contributed by atoms with Gasteiger partial charge in [-0.05, 0) is 23.3 Å². The first-order chi connectivity index (χ1) is 9.58. The van der Waals surface area contributed by atoms with Crippen molar-refractivity contribution in [3.63, 3.8) is 0 Å². The highest BCUT2D eigenvalue weighted by atomic mass is 19.2. The first kappa shape index (κ1) is 14.1. The second-order valence-corrected chi connectivity index (χ2v) is 4.35. The van der Waals surface area contributed by atoms with E-state index in [1.807, 2.05) is 6.07 Å². The first-order valence-electron chi connectivity index (χ1n) is 6.10. The van der Waals surface area contributed by atoms with Gasteiger partial charge in [0.1, 0.15) is 6.04 Å². The van der Waals surface area contributed by atoms with Crippen LogP contribution < -0.4 is 11.1 Å². The second kappa shape index (κ2) is 6.25. The minimum Gasteiger partial charge on any atom is -0.350 e. The molecule has 0 unspecified atom stereocenters. The maximum atomic E-state index is 13.0. The summed E-state index contributed by atoms with van der Waals surface area (Å²) in [6, 6.07) is 11.6. The van der Waals surface area contributed by atoms with Gasteiger partial charge in [0.25, 0.3) is 0 Å². The predicted molar refractivity (Wildman–Crippen MR) is 71.6 cm³/mol. The molecule has 0 radical (unpaired) electrons. The maximum absolute atomic E-state index is 13.0. The Labute approximate surface area is 115 Å². The van der Waals surface area contributed by atoms with E-state index in [1.54, 1.807) is 24.3 Å². The van der Waals surface area contributed by atoms with Crippen molar-refractivity contribution < 1.29 is 13.6 Å². The highest BCUT2D eigenvalue weighted by Gasteiger charge is 2.15. The molecule has 0 aliphatic carbocycles. The van der Waals surface area contributed by atoms with Gasteiger partial charge in [0, 0.05) is 6.54 Å². The lowest BCUT2D eigenvalue weighted by molar-refractivity contribution is -0.122. The largest absolute Gasteiger partial charge is 0.350 e. The van der Waals surface area contributed by atoms with E-state index in [0.717, 1.165) is 12.1 Å². The van der Waals surface area contributed by atoms with Crippen molar-refractivity contribution in [3.8, 4) is 0 Å². The summed E-state index contributed by atoms with van der Waals surface area (Å²) in [6.45, 7) is 0.0938. The van der Waals surface area contributed by atoms with Crippen LogP contribution in [-0.4, -0.2) is 5.91 Å². The van der Waals surface area contributed by atoms with Crippen molar-refractivity contribution in [2.45, 2.75) is 12.6 Å². The molecule has 2 aromatic carbocycles. The molecule has 3 N–H and O–H groups in total. The zero-order valence-corrected chi connectivity index (χ0v) is 10.6. The van der Waals surface area contributed by atoms with Crippen LogP contribution in [-0.2, 0) is 11.3 Å². The summed E-state index contributed by atoms with van der Waals surface area (Å²) < 4.78 is 25.8. The molecule has 0 saturated heterocycles. The second-order valence-electron chi connectivity index (χ2n) is 4.35. The van der Waals surface area contributed by atoms with Crippen LogP contribution in [0.2, 0.25) is 0 Å². The average molecular weight is 276 g/mol. The Kier molecular flexibility index (Phi) is 4.42. The van der Waals surface area contributed by atoms with Crippen molar-refractivity contribution >= 4 is 5.91 Å². The average Bonchev–Trinajstić information content (AvgIpc) is 2.48. The van der Waals surface area contributed by atoms with Gasteiger partial charge in [-0.2, -0.15) is 0 Å². The molecule has 0 spiro atoms. The van der Waals surface area contributed by atoms with Crippen LogP contribution in [0.15, 0.2) is 48.5 Å². The fourth-order valence-electron chi connectivity index (χ4n) is 1.76. The molecule has 0 aliphatic rings. The number of rotatable bonds is 4. The molecule has 0 aromatic heterocycles. The Bertz CT molecular complexity index is 602. The summed E-state index contributed by atoms with van der Waals surface area (Å²) in [4.78, 5) is 11.9. The molecule has 0 heterocycles. The Hall–Kier alpha value is -2.27. The molecular formula is C15H14F2N2O. The number of amides is 1. The third kappa shape index (κ3) is 3.39. The van der Waals surface area contributed by atoms with Crippen LogP contribution in [0.1, 0.15) is 17.2 Å².